The molecule has 0 bridgehead atoms. The Morgan fingerprint density at radius 3 is 2.89 bits per heavy atom. The first-order chi connectivity index (χ1) is 8.85. The van der Waals surface area contributed by atoms with E-state index >= 15 is 0 Å². The molecule has 2 rings (SSSR count). The van der Waals surface area contributed by atoms with Crippen molar-refractivity contribution in [3.63, 3.8) is 0 Å². The summed E-state index contributed by atoms with van der Waals surface area (Å²) < 4.78 is 0. The maximum absolute atomic E-state index is 3.62. The molecule has 0 aliphatic carbocycles. The van der Waals surface area contributed by atoms with Crippen LogP contribution in [0, 0.1) is 0 Å². The minimum atomic E-state index is 0.689. The number of likely N-dealkylation sites (N-methyl/N-ethyl adjacent to an activating group) is 1. The first-order valence-corrected chi connectivity index (χ1v) is 7.41. The molecule has 1 atom stereocenters. The highest BCUT2D eigenvalue weighted by atomic mass is 15.2. The molecule has 0 saturated heterocycles. The van der Waals surface area contributed by atoms with Crippen LogP contribution in [0.4, 0.5) is 5.69 Å². The van der Waals surface area contributed by atoms with Crippen LogP contribution >= 0.6 is 0 Å². The number of fused-ring (bicyclic) bond motifs is 1. The lowest BCUT2D eigenvalue weighted by atomic mass is 10.0. The third-order valence-corrected chi connectivity index (χ3v) is 4.01. The molecule has 1 heterocycles. The van der Waals surface area contributed by atoms with Crippen molar-refractivity contribution in [2.75, 3.05) is 25.0 Å². The maximum atomic E-state index is 3.62. The monoisotopic (exact) mass is 246 g/mol. The zero-order valence-corrected chi connectivity index (χ0v) is 11.8. The molecule has 0 amide bonds. The number of rotatable bonds is 5. The summed E-state index contributed by atoms with van der Waals surface area (Å²) in [5.41, 5.74) is 2.82. The Labute approximate surface area is 111 Å². The van der Waals surface area contributed by atoms with Gasteiger partial charge in [0.1, 0.15) is 0 Å². The second kappa shape index (κ2) is 6.79. The number of anilines is 1. The summed E-state index contributed by atoms with van der Waals surface area (Å²) in [5, 5.41) is 3.62. The van der Waals surface area contributed by atoms with Crippen molar-refractivity contribution < 1.29 is 0 Å². The molecule has 1 aliphatic heterocycles. The summed E-state index contributed by atoms with van der Waals surface area (Å²) in [6.45, 7) is 8.07. The number of hydrogen-bond acceptors (Lipinski definition) is 2. The van der Waals surface area contributed by atoms with E-state index in [0.29, 0.717) is 6.04 Å². The Kier molecular flexibility index (Phi) is 5.06. The van der Waals surface area contributed by atoms with E-state index in [9.17, 15) is 0 Å². The van der Waals surface area contributed by atoms with Gasteiger partial charge in [-0.25, -0.2) is 0 Å². The molecule has 2 heteroatoms. The van der Waals surface area contributed by atoms with E-state index in [0.717, 1.165) is 6.54 Å². The minimum Gasteiger partial charge on any atom is -0.383 e. The van der Waals surface area contributed by atoms with Crippen molar-refractivity contribution >= 4 is 5.69 Å². The van der Waals surface area contributed by atoms with Gasteiger partial charge in [-0.1, -0.05) is 38.5 Å². The zero-order valence-electron chi connectivity index (χ0n) is 11.8. The van der Waals surface area contributed by atoms with E-state index in [4.69, 9.17) is 0 Å². The fourth-order valence-corrected chi connectivity index (χ4v) is 2.83. The van der Waals surface area contributed by atoms with Crippen molar-refractivity contribution in [2.24, 2.45) is 0 Å². The molecule has 0 radical (unpaired) electrons. The van der Waals surface area contributed by atoms with Crippen LogP contribution in [0.5, 0.6) is 0 Å². The smallest absolute Gasteiger partial charge is 0.0373 e. The lowest BCUT2D eigenvalue weighted by molar-refractivity contribution is 0.203. The molecule has 18 heavy (non-hydrogen) atoms. The fourth-order valence-electron chi connectivity index (χ4n) is 2.83. The van der Waals surface area contributed by atoms with E-state index in [1.165, 1.54) is 50.0 Å². The summed E-state index contributed by atoms with van der Waals surface area (Å²) in [6.07, 6.45) is 5.09. The Hall–Kier alpha value is -1.02. The second-order valence-electron chi connectivity index (χ2n) is 5.21. The lowest BCUT2D eigenvalue weighted by Crippen LogP contribution is -2.40. The molecule has 0 spiro atoms. The standard InChI is InChI=1S/C16H26N2/c1-3-5-12-18(4-2)15-11-10-14-8-6-7-9-16(14)17-13-15/h6-9,15,17H,3-5,10-13H2,1-2H3. The highest BCUT2D eigenvalue weighted by Crippen LogP contribution is 2.22. The van der Waals surface area contributed by atoms with Gasteiger partial charge in [0.25, 0.3) is 0 Å². The molecule has 1 aromatic carbocycles. The topological polar surface area (TPSA) is 15.3 Å². The SMILES string of the molecule is CCCCN(CC)C1CCc2ccccc2NC1. The molecule has 1 N–H and O–H groups in total. The number of para-hydroxylation sites is 1. The molecular weight excluding hydrogens is 220 g/mol. The first-order valence-electron chi connectivity index (χ1n) is 7.41. The highest BCUT2D eigenvalue weighted by Gasteiger charge is 2.20. The third-order valence-electron chi connectivity index (χ3n) is 4.01. The van der Waals surface area contributed by atoms with Gasteiger partial charge < -0.3 is 5.32 Å². The van der Waals surface area contributed by atoms with Gasteiger partial charge in [0.2, 0.25) is 0 Å². The van der Waals surface area contributed by atoms with Crippen LogP contribution in [0.15, 0.2) is 24.3 Å². The number of nitrogens with one attached hydrogen (secondary N) is 1. The number of aryl methyl sites for hydroxylation is 1. The number of hydrogen-bond donors (Lipinski definition) is 1. The average Bonchev–Trinajstić information content (AvgIpc) is 2.63. The van der Waals surface area contributed by atoms with Crippen molar-refractivity contribution in [2.45, 2.75) is 45.6 Å². The lowest BCUT2D eigenvalue weighted by Gasteiger charge is -2.29. The number of nitrogens with zero attached hydrogens (tertiary/aromatic N) is 1. The molecular formula is C16H26N2. The molecule has 1 aliphatic rings. The summed E-state index contributed by atoms with van der Waals surface area (Å²) >= 11 is 0. The predicted octanol–water partition coefficient (Wildman–Crippen LogP) is 3.54. The fraction of sp³-hybridized carbons (Fsp3) is 0.625. The van der Waals surface area contributed by atoms with Crippen molar-refractivity contribution in [1.82, 2.24) is 4.90 Å². The van der Waals surface area contributed by atoms with Gasteiger partial charge in [-0.15, -0.1) is 0 Å². The summed E-state index contributed by atoms with van der Waals surface area (Å²) in [4.78, 5) is 2.64. The van der Waals surface area contributed by atoms with Crippen LogP contribution in [0.1, 0.15) is 38.7 Å². The van der Waals surface area contributed by atoms with E-state index < -0.39 is 0 Å². The molecule has 2 nitrogen and oxygen atoms in total. The molecule has 0 fully saturated rings. The molecule has 100 valence electrons. The third kappa shape index (κ3) is 3.26. The minimum absolute atomic E-state index is 0.689. The van der Waals surface area contributed by atoms with E-state index in [2.05, 4.69) is 48.3 Å². The molecule has 0 aromatic heterocycles. The predicted molar refractivity (Wildman–Crippen MR) is 79.2 cm³/mol. The van der Waals surface area contributed by atoms with E-state index in [-0.39, 0.29) is 0 Å². The molecule has 1 aromatic rings. The Bertz CT molecular complexity index is 335. The number of benzene rings is 1. The van der Waals surface area contributed by atoms with E-state index in [1.807, 2.05) is 0 Å². The van der Waals surface area contributed by atoms with E-state index in [1.54, 1.807) is 0 Å². The number of unbranched alkanes of at least 4 members (excludes halogenated alkanes) is 1. The van der Waals surface area contributed by atoms with Crippen LogP contribution < -0.4 is 5.32 Å². The van der Waals surface area contributed by atoms with Crippen LogP contribution in [-0.2, 0) is 6.42 Å². The van der Waals surface area contributed by atoms with Gasteiger partial charge in [0, 0.05) is 18.3 Å². The van der Waals surface area contributed by atoms with Gasteiger partial charge in [-0.3, -0.25) is 4.90 Å². The van der Waals surface area contributed by atoms with Crippen LogP contribution in [-0.4, -0.2) is 30.6 Å². The Morgan fingerprint density at radius 2 is 2.11 bits per heavy atom. The Balaban J connectivity index is 1.97. The van der Waals surface area contributed by atoms with Gasteiger partial charge >= 0.3 is 0 Å². The maximum Gasteiger partial charge on any atom is 0.0373 e. The van der Waals surface area contributed by atoms with Gasteiger partial charge in [0.15, 0.2) is 0 Å². The van der Waals surface area contributed by atoms with Crippen LogP contribution in [0.2, 0.25) is 0 Å². The molecule has 0 saturated carbocycles. The zero-order chi connectivity index (χ0) is 12.8. The highest BCUT2D eigenvalue weighted by molar-refractivity contribution is 5.52. The van der Waals surface area contributed by atoms with Gasteiger partial charge in [0.05, 0.1) is 0 Å². The first kappa shape index (κ1) is 13.4. The van der Waals surface area contributed by atoms with Crippen molar-refractivity contribution in [1.29, 1.82) is 0 Å². The normalized spacial score (nSPS) is 19.2. The summed E-state index contributed by atoms with van der Waals surface area (Å²) in [7, 11) is 0. The summed E-state index contributed by atoms with van der Waals surface area (Å²) in [6, 6.07) is 9.43. The Morgan fingerprint density at radius 1 is 1.28 bits per heavy atom. The quantitative estimate of drug-likeness (QED) is 0.855. The van der Waals surface area contributed by atoms with Crippen LogP contribution in [0.25, 0.3) is 0 Å². The van der Waals surface area contributed by atoms with Crippen molar-refractivity contribution in [3.8, 4) is 0 Å². The second-order valence-corrected chi connectivity index (χ2v) is 5.21. The molecule has 1 unspecified atom stereocenters. The largest absolute Gasteiger partial charge is 0.383 e. The average molecular weight is 246 g/mol. The summed E-state index contributed by atoms with van der Waals surface area (Å²) in [5.74, 6) is 0. The van der Waals surface area contributed by atoms with Gasteiger partial charge in [-0.2, -0.15) is 0 Å². The van der Waals surface area contributed by atoms with Crippen molar-refractivity contribution in [3.05, 3.63) is 29.8 Å². The van der Waals surface area contributed by atoms with Gasteiger partial charge in [-0.05, 0) is 44.0 Å². The van der Waals surface area contributed by atoms with Crippen LogP contribution in [0.3, 0.4) is 0 Å².